The quantitative estimate of drug-likeness (QED) is 0.705. The Hall–Kier alpha value is -2.14. The molecular formula is C13H13N3O2. The van der Waals surface area contributed by atoms with Gasteiger partial charge in [0, 0.05) is 13.2 Å². The molecule has 1 aromatic carbocycles. The second kappa shape index (κ2) is 4.62. The SMILES string of the molecule is COCc1cc(Cn2cnc3ccccc32)no1. The molecule has 0 bridgehead atoms. The van der Waals surface area contributed by atoms with Gasteiger partial charge in [-0.15, -0.1) is 0 Å². The molecule has 2 aromatic heterocycles. The minimum atomic E-state index is 0.442. The summed E-state index contributed by atoms with van der Waals surface area (Å²) >= 11 is 0. The zero-order chi connectivity index (χ0) is 12.4. The van der Waals surface area contributed by atoms with Crippen molar-refractivity contribution in [3.8, 4) is 0 Å². The third-order valence-electron chi connectivity index (χ3n) is 2.75. The predicted molar refractivity (Wildman–Crippen MR) is 66.1 cm³/mol. The minimum Gasteiger partial charge on any atom is -0.377 e. The summed E-state index contributed by atoms with van der Waals surface area (Å²) in [4.78, 5) is 4.34. The van der Waals surface area contributed by atoms with Crippen LogP contribution in [0.2, 0.25) is 0 Å². The van der Waals surface area contributed by atoms with Crippen LogP contribution in [0, 0.1) is 0 Å². The van der Waals surface area contributed by atoms with Crippen LogP contribution in [0.5, 0.6) is 0 Å². The molecule has 0 amide bonds. The number of aromatic nitrogens is 3. The first kappa shape index (κ1) is 11.0. The molecule has 0 atom stereocenters. The van der Waals surface area contributed by atoms with E-state index in [0.717, 1.165) is 22.5 Å². The summed E-state index contributed by atoms with van der Waals surface area (Å²) in [5.41, 5.74) is 2.94. The lowest BCUT2D eigenvalue weighted by Crippen LogP contribution is -1.97. The van der Waals surface area contributed by atoms with Crippen molar-refractivity contribution in [1.29, 1.82) is 0 Å². The Labute approximate surface area is 104 Å². The highest BCUT2D eigenvalue weighted by Crippen LogP contribution is 2.14. The Kier molecular flexibility index (Phi) is 2.82. The Morgan fingerprint density at radius 2 is 2.22 bits per heavy atom. The van der Waals surface area contributed by atoms with Gasteiger partial charge in [-0.2, -0.15) is 0 Å². The van der Waals surface area contributed by atoms with Gasteiger partial charge in [0.1, 0.15) is 12.3 Å². The number of hydrogen-bond acceptors (Lipinski definition) is 4. The molecule has 0 saturated carbocycles. The average molecular weight is 243 g/mol. The molecule has 0 N–H and O–H groups in total. The van der Waals surface area contributed by atoms with E-state index in [0.29, 0.717) is 13.2 Å². The van der Waals surface area contributed by atoms with Gasteiger partial charge in [0.05, 0.1) is 23.9 Å². The van der Waals surface area contributed by atoms with Gasteiger partial charge in [0.2, 0.25) is 0 Å². The highest BCUT2D eigenvalue weighted by atomic mass is 16.5. The van der Waals surface area contributed by atoms with Crippen LogP contribution >= 0.6 is 0 Å². The van der Waals surface area contributed by atoms with Gasteiger partial charge in [-0.1, -0.05) is 17.3 Å². The fourth-order valence-electron chi connectivity index (χ4n) is 1.95. The number of nitrogens with zero attached hydrogens (tertiary/aromatic N) is 3. The zero-order valence-electron chi connectivity index (χ0n) is 10.0. The van der Waals surface area contributed by atoms with Crippen molar-refractivity contribution in [1.82, 2.24) is 14.7 Å². The van der Waals surface area contributed by atoms with Gasteiger partial charge in [0.25, 0.3) is 0 Å². The average Bonchev–Trinajstić information content (AvgIpc) is 2.99. The van der Waals surface area contributed by atoms with Crippen LogP contribution in [0.25, 0.3) is 11.0 Å². The Morgan fingerprint density at radius 1 is 1.33 bits per heavy atom. The molecule has 0 saturated heterocycles. The molecule has 5 heteroatoms. The summed E-state index contributed by atoms with van der Waals surface area (Å²) in [6, 6.07) is 9.91. The predicted octanol–water partition coefficient (Wildman–Crippen LogP) is 2.22. The number of ether oxygens (including phenoxy) is 1. The van der Waals surface area contributed by atoms with Crippen LogP contribution in [-0.4, -0.2) is 21.8 Å². The number of imidazole rings is 1. The molecule has 0 spiro atoms. The largest absolute Gasteiger partial charge is 0.377 e. The lowest BCUT2D eigenvalue weighted by Gasteiger charge is -1.99. The van der Waals surface area contributed by atoms with E-state index in [4.69, 9.17) is 9.26 Å². The van der Waals surface area contributed by atoms with Crippen molar-refractivity contribution in [2.24, 2.45) is 0 Å². The monoisotopic (exact) mass is 243 g/mol. The molecule has 3 rings (SSSR count). The van der Waals surface area contributed by atoms with Crippen LogP contribution in [-0.2, 0) is 17.9 Å². The van der Waals surface area contributed by atoms with Gasteiger partial charge in [-0.3, -0.25) is 0 Å². The smallest absolute Gasteiger partial charge is 0.162 e. The topological polar surface area (TPSA) is 53.1 Å². The van der Waals surface area contributed by atoms with Crippen LogP contribution in [0.4, 0.5) is 0 Å². The van der Waals surface area contributed by atoms with Crippen molar-refractivity contribution in [2.45, 2.75) is 13.2 Å². The Morgan fingerprint density at radius 3 is 3.11 bits per heavy atom. The second-order valence-electron chi connectivity index (χ2n) is 4.08. The summed E-state index contributed by atoms with van der Waals surface area (Å²) in [5.74, 6) is 0.733. The van der Waals surface area contributed by atoms with E-state index in [-0.39, 0.29) is 0 Å². The maximum Gasteiger partial charge on any atom is 0.162 e. The molecule has 0 unspecified atom stereocenters. The van der Waals surface area contributed by atoms with E-state index < -0.39 is 0 Å². The zero-order valence-corrected chi connectivity index (χ0v) is 10.0. The highest BCUT2D eigenvalue weighted by Gasteiger charge is 2.07. The summed E-state index contributed by atoms with van der Waals surface area (Å²) < 4.78 is 12.2. The standard InChI is InChI=1S/C13H13N3O2/c1-17-8-11-6-10(15-18-11)7-16-9-14-12-4-2-3-5-13(12)16/h2-6,9H,7-8H2,1H3. The third kappa shape index (κ3) is 2.00. The molecular weight excluding hydrogens is 230 g/mol. The first-order valence-electron chi connectivity index (χ1n) is 5.70. The molecule has 0 aliphatic rings. The summed E-state index contributed by atoms with van der Waals surface area (Å²) in [6.45, 7) is 1.09. The van der Waals surface area contributed by atoms with Crippen LogP contribution in [0.15, 0.2) is 41.2 Å². The number of methoxy groups -OCH3 is 1. The van der Waals surface area contributed by atoms with Crippen LogP contribution in [0.3, 0.4) is 0 Å². The van der Waals surface area contributed by atoms with E-state index in [1.165, 1.54) is 0 Å². The molecule has 3 aromatic rings. The lowest BCUT2D eigenvalue weighted by molar-refractivity contribution is 0.155. The van der Waals surface area contributed by atoms with Crippen molar-refractivity contribution in [3.63, 3.8) is 0 Å². The van der Waals surface area contributed by atoms with E-state index in [9.17, 15) is 0 Å². The molecule has 92 valence electrons. The van der Waals surface area contributed by atoms with E-state index in [1.807, 2.05) is 41.2 Å². The maximum absolute atomic E-state index is 5.16. The molecule has 2 heterocycles. The second-order valence-corrected chi connectivity index (χ2v) is 4.08. The number of benzene rings is 1. The van der Waals surface area contributed by atoms with Crippen molar-refractivity contribution < 1.29 is 9.26 Å². The number of para-hydroxylation sites is 2. The third-order valence-corrected chi connectivity index (χ3v) is 2.75. The fraction of sp³-hybridized carbons (Fsp3) is 0.231. The molecule has 0 fully saturated rings. The Balaban J connectivity index is 1.87. The highest BCUT2D eigenvalue weighted by molar-refractivity contribution is 5.74. The first-order valence-corrected chi connectivity index (χ1v) is 5.70. The van der Waals surface area contributed by atoms with Crippen molar-refractivity contribution >= 4 is 11.0 Å². The molecule has 5 nitrogen and oxygen atoms in total. The molecule has 18 heavy (non-hydrogen) atoms. The fourth-order valence-corrected chi connectivity index (χ4v) is 1.95. The summed E-state index contributed by atoms with van der Waals surface area (Å²) in [5, 5.41) is 4.01. The van der Waals surface area contributed by atoms with E-state index >= 15 is 0 Å². The van der Waals surface area contributed by atoms with E-state index in [1.54, 1.807) is 7.11 Å². The van der Waals surface area contributed by atoms with Gasteiger partial charge in [-0.25, -0.2) is 4.98 Å². The van der Waals surface area contributed by atoms with Gasteiger partial charge in [0.15, 0.2) is 5.76 Å². The van der Waals surface area contributed by atoms with Gasteiger partial charge >= 0.3 is 0 Å². The minimum absolute atomic E-state index is 0.442. The summed E-state index contributed by atoms with van der Waals surface area (Å²) in [7, 11) is 1.63. The molecule has 0 aliphatic carbocycles. The normalized spacial score (nSPS) is 11.2. The Bertz CT molecular complexity index is 657. The van der Waals surface area contributed by atoms with E-state index in [2.05, 4.69) is 10.1 Å². The lowest BCUT2D eigenvalue weighted by atomic mass is 10.3. The van der Waals surface area contributed by atoms with Crippen molar-refractivity contribution in [2.75, 3.05) is 7.11 Å². The summed E-state index contributed by atoms with van der Waals surface area (Å²) in [6.07, 6.45) is 1.81. The van der Waals surface area contributed by atoms with Crippen molar-refractivity contribution in [3.05, 3.63) is 48.1 Å². The van der Waals surface area contributed by atoms with Crippen LogP contribution < -0.4 is 0 Å². The molecule has 0 radical (unpaired) electrons. The van der Waals surface area contributed by atoms with Gasteiger partial charge < -0.3 is 13.8 Å². The first-order chi connectivity index (χ1) is 8.86. The number of rotatable bonds is 4. The maximum atomic E-state index is 5.16. The van der Waals surface area contributed by atoms with Gasteiger partial charge in [-0.05, 0) is 12.1 Å². The van der Waals surface area contributed by atoms with Crippen LogP contribution in [0.1, 0.15) is 11.5 Å². The number of hydrogen-bond donors (Lipinski definition) is 0. The number of fused-ring (bicyclic) bond motifs is 1. The molecule has 0 aliphatic heterocycles.